The fourth-order valence-electron chi connectivity index (χ4n) is 5.26. The largest absolute Gasteiger partial charge is 0.352 e. The topological polar surface area (TPSA) is 109 Å². The van der Waals surface area contributed by atoms with Crippen molar-refractivity contribution in [2.75, 3.05) is 22.9 Å². The molecule has 4 fully saturated rings. The number of nitrogens with one attached hydrogen (secondary N) is 1. The van der Waals surface area contributed by atoms with E-state index in [-0.39, 0.29) is 24.0 Å². The first kappa shape index (κ1) is 18.6. The number of amides is 2. The van der Waals surface area contributed by atoms with Crippen LogP contribution in [0.4, 0.5) is 11.8 Å². The van der Waals surface area contributed by atoms with Crippen LogP contribution in [-0.2, 0) is 9.59 Å². The highest BCUT2D eigenvalue weighted by atomic mass is 16.2. The van der Waals surface area contributed by atoms with Crippen molar-refractivity contribution in [2.45, 2.75) is 63.1 Å². The maximum atomic E-state index is 13.0. The first-order valence-electron chi connectivity index (χ1n) is 11.2. The molecule has 2 bridgehead atoms. The van der Waals surface area contributed by atoms with E-state index in [0.29, 0.717) is 25.5 Å². The number of nitrogens with zero attached hydrogens (tertiary/aromatic N) is 6. The van der Waals surface area contributed by atoms with Gasteiger partial charge in [-0.1, -0.05) is 0 Å². The Bertz CT molecular complexity index is 1080. The summed E-state index contributed by atoms with van der Waals surface area (Å²) in [5.41, 5.74) is 0.316. The lowest BCUT2D eigenvalue weighted by molar-refractivity contribution is -0.135. The fourth-order valence-corrected chi connectivity index (χ4v) is 5.26. The van der Waals surface area contributed by atoms with Gasteiger partial charge in [-0.2, -0.15) is 15.2 Å². The molecule has 160 valence electrons. The Balaban J connectivity index is 1.28. The number of nitriles is 1. The van der Waals surface area contributed by atoms with E-state index in [9.17, 15) is 14.9 Å². The van der Waals surface area contributed by atoms with Crippen LogP contribution in [0.5, 0.6) is 0 Å². The summed E-state index contributed by atoms with van der Waals surface area (Å²) < 4.78 is 0. The molecule has 6 rings (SSSR count). The number of anilines is 2. The second-order valence-electron chi connectivity index (χ2n) is 9.49. The third-order valence-electron chi connectivity index (χ3n) is 7.32. The van der Waals surface area contributed by atoms with Crippen LogP contribution >= 0.6 is 0 Å². The van der Waals surface area contributed by atoms with Gasteiger partial charge in [-0.15, -0.1) is 0 Å². The Labute approximate surface area is 180 Å². The molecule has 2 atom stereocenters. The van der Waals surface area contributed by atoms with Crippen LogP contribution < -0.4 is 9.80 Å². The molecule has 2 saturated heterocycles. The summed E-state index contributed by atoms with van der Waals surface area (Å²) in [6.07, 6.45) is 8.62. The molecule has 4 heterocycles. The van der Waals surface area contributed by atoms with Gasteiger partial charge in [0.05, 0.1) is 16.9 Å². The molecule has 2 unspecified atom stereocenters. The minimum absolute atomic E-state index is 0.127. The monoisotopic (exact) mass is 419 g/mol. The Hall–Kier alpha value is -3.15. The molecule has 31 heavy (non-hydrogen) atoms. The molecule has 2 aliphatic carbocycles. The number of rotatable bonds is 6. The number of piperazine rings is 1. The summed E-state index contributed by atoms with van der Waals surface area (Å²) >= 11 is 0. The van der Waals surface area contributed by atoms with Gasteiger partial charge < -0.3 is 14.8 Å². The molecule has 0 radical (unpaired) electrons. The lowest BCUT2D eigenvalue weighted by Crippen LogP contribution is -2.56. The molecule has 1 N–H and O–H groups in total. The van der Waals surface area contributed by atoms with E-state index >= 15 is 0 Å². The summed E-state index contributed by atoms with van der Waals surface area (Å²) in [5.74, 6) is 1.40. The van der Waals surface area contributed by atoms with Crippen LogP contribution in [0.3, 0.4) is 0 Å². The predicted octanol–water partition coefficient (Wildman–Crippen LogP) is 1.96. The third-order valence-corrected chi connectivity index (χ3v) is 7.32. The molecule has 2 aromatic heterocycles. The number of aromatic nitrogens is 3. The lowest BCUT2D eigenvalue weighted by atomic mass is 10.0. The smallest absolute Gasteiger partial charge is 0.236 e. The van der Waals surface area contributed by atoms with Crippen LogP contribution in [-0.4, -0.2) is 63.4 Å². The highest BCUT2D eigenvalue weighted by Crippen LogP contribution is 2.49. The number of aromatic amines is 1. The summed E-state index contributed by atoms with van der Waals surface area (Å²) in [7, 11) is 0. The first-order valence-corrected chi connectivity index (χ1v) is 11.2. The van der Waals surface area contributed by atoms with E-state index < -0.39 is 5.41 Å². The minimum Gasteiger partial charge on any atom is -0.352 e. The van der Waals surface area contributed by atoms with E-state index in [4.69, 9.17) is 4.98 Å². The third kappa shape index (κ3) is 3.04. The zero-order chi connectivity index (χ0) is 21.2. The Morgan fingerprint density at radius 2 is 2.00 bits per heavy atom. The van der Waals surface area contributed by atoms with Gasteiger partial charge in [0.25, 0.3) is 0 Å². The average Bonchev–Trinajstić information content (AvgIpc) is 3.68. The normalized spacial score (nSPS) is 26.0. The van der Waals surface area contributed by atoms with E-state index in [1.165, 1.54) is 0 Å². The number of hydrogen-bond acceptors (Lipinski definition) is 6. The van der Waals surface area contributed by atoms with Crippen molar-refractivity contribution < 1.29 is 9.59 Å². The van der Waals surface area contributed by atoms with Gasteiger partial charge in [-0.25, -0.2) is 0 Å². The number of hydrogen-bond donors (Lipinski definition) is 1. The van der Waals surface area contributed by atoms with Crippen LogP contribution in [0.25, 0.3) is 11.0 Å². The molecular weight excluding hydrogens is 394 g/mol. The summed E-state index contributed by atoms with van der Waals surface area (Å²) in [4.78, 5) is 43.2. The zero-order valence-corrected chi connectivity index (χ0v) is 17.3. The van der Waals surface area contributed by atoms with Crippen molar-refractivity contribution in [3.63, 3.8) is 0 Å². The SMILES string of the molecule is N#CC1(CC(=O)N2C3CCC2CN(c2nc(N(C=O)C4CC4)nc4[nH]ccc24)C3)CC1. The van der Waals surface area contributed by atoms with Crippen LogP contribution in [0.2, 0.25) is 0 Å². The lowest BCUT2D eigenvalue weighted by Gasteiger charge is -2.42. The maximum Gasteiger partial charge on any atom is 0.236 e. The highest BCUT2D eigenvalue weighted by molar-refractivity contribution is 5.90. The first-order chi connectivity index (χ1) is 15.1. The van der Waals surface area contributed by atoms with Crippen LogP contribution in [0.15, 0.2) is 12.3 Å². The number of H-pyrrole nitrogens is 1. The Morgan fingerprint density at radius 3 is 2.61 bits per heavy atom. The molecule has 2 amide bonds. The predicted molar refractivity (Wildman–Crippen MR) is 113 cm³/mol. The molecule has 9 nitrogen and oxygen atoms in total. The van der Waals surface area contributed by atoms with Crippen molar-refractivity contribution in [3.8, 4) is 6.07 Å². The Morgan fingerprint density at radius 1 is 1.26 bits per heavy atom. The molecule has 9 heteroatoms. The van der Waals surface area contributed by atoms with Crippen LogP contribution in [0.1, 0.15) is 44.9 Å². The number of carbonyl (C=O) groups excluding carboxylic acids is 2. The van der Waals surface area contributed by atoms with Crippen molar-refractivity contribution >= 4 is 35.1 Å². The fraction of sp³-hybridized carbons (Fsp3) is 0.591. The van der Waals surface area contributed by atoms with E-state index in [1.807, 2.05) is 17.2 Å². The van der Waals surface area contributed by atoms with Crippen molar-refractivity contribution in [2.24, 2.45) is 5.41 Å². The second kappa shape index (κ2) is 6.67. The average molecular weight is 419 g/mol. The van der Waals surface area contributed by atoms with Crippen molar-refractivity contribution in [1.29, 1.82) is 5.26 Å². The quantitative estimate of drug-likeness (QED) is 0.717. The Kier molecular flexibility index (Phi) is 4.01. The molecular formula is C22H25N7O2. The standard InChI is InChI=1S/C22H25N7O2/c23-12-22(6-7-22)9-18(31)29-15-3-4-16(29)11-27(10-15)20-17-5-8-24-19(17)25-21(26-20)28(13-30)14-1-2-14/h5,8,13-16H,1-4,6-7,9-11H2,(H,24,25,26). The van der Waals surface area contributed by atoms with Gasteiger partial charge in [0.15, 0.2) is 0 Å². The van der Waals surface area contributed by atoms with Gasteiger partial charge >= 0.3 is 0 Å². The van der Waals surface area contributed by atoms with Crippen LogP contribution in [0, 0.1) is 16.7 Å². The van der Waals surface area contributed by atoms with Crippen molar-refractivity contribution in [1.82, 2.24) is 19.9 Å². The molecule has 4 aliphatic rings. The second-order valence-corrected chi connectivity index (χ2v) is 9.49. The van der Waals surface area contributed by atoms with Gasteiger partial charge in [-0.05, 0) is 44.6 Å². The molecule has 2 aromatic rings. The zero-order valence-electron chi connectivity index (χ0n) is 17.3. The summed E-state index contributed by atoms with van der Waals surface area (Å²) in [6.45, 7) is 1.42. The number of carbonyl (C=O) groups is 2. The summed E-state index contributed by atoms with van der Waals surface area (Å²) in [6, 6.07) is 4.79. The molecule has 2 aliphatic heterocycles. The van der Waals surface area contributed by atoms with Gasteiger partial charge in [-0.3, -0.25) is 14.5 Å². The molecule has 0 spiro atoms. The number of fused-ring (bicyclic) bond motifs is 3. The van der Waals surface area contributed by atoms with Gasteiger partial charge in [0.2, 0.25) is 18.3 Å². The molecule has 2 saturated carbocycles. The van der Waals surface area contributed by atoms with E-state index in [0.717, 1.165) is 61.8 Å². The van der Waals surface area contributed by atoms with Crippen molar-refractivity contribution in [3.05, 3.63) is 12.3 Å². The maximum absolute atomic E-state index is 13.0. The highest BCUT2D eigenvalue weighted by Gasteiger charge is 2.49. The van der Waals surface area contributed by atoms with Gasteiger partial charge in [0, 0.05) is 43.8 Å². The van der Waals surface area contributed by atoms with E-state index in [2.05, 4.69) is 20.9 Å². The van der Waals surface area contributed by atoms with Gasteiger partial charge in [0.1, 0.15) is 11.5 Å². The minimum atomic E-state index is -0.409. The van der Waals surface area contributed by atoms with E-state index in [1.54, 1.807) is 4.90 Å². The summed E-state index contributed by atoms with van der Waals surface area (Å²) in [5, 5.41) is 10.3. The molecule has 0 aromatic carbocycles.